The molecule has 1 saturated heterocycles. The zero-order valence-corrected chi connectivity index (χ0v) is 8.53. The minimum absolute atomic E-state index is 0.255. The number of piperidine rings is 1. The first-order valence-corrected chi connectivity index (χ1v) is 5.29. The predicted octanol–water partition coefficient (Wildman–Crippen LogP) is 3.11. The fraction of sp³-hybridized carbons (Fsp3) is 1.00. The van der Waals surface area contributed by atoms with Crippen LogP contribution in [0.4, 0.5) is 13.2 Å². The van der Waals surface area contributed by atoms with E-state index in [0.29, 0.717) is 18.4 Å². The molecule has 0 saturated carbocycles. The van der Waals surface area contributed by atoms with Crippen molar-refractivity contribution in [1.29, 1.82) is 0 Å². The van der Waals surface area contributed by atoms with Crippen LogP contribution in [-0.2, 0) is 0 Å². The molecule has 1 N–H and O–H groups in total. The molecule has 0 spiro atoms. The van der Waals surface area contributed by atoms with Crippen molar-refractivity contribution in [2.45, 2.75) is 51.2 Å². The molecule has 14 heavy (non-hydrogen) atoms. The van der Waals surface area contributed by atoms with E-state index < -0.39 is 12.6 Å². The number of hydrogen-bond donors (Lipinski definition) is 1. The van der Waals surface area contributed by atoms with Crippen molar-refractivity contribution in [3.8, 4) is 0 Å². The van der Waals surface area contributed by atoms with E-state index in [4.69, 9.17) is 0 Å². The molecule has 0 aromatic rings. The average Bonchev–Trinajstić information content (AvgIpc) is 2.06. The average molecular weight is 209 g/mol. The summed E-state index contributed by atoms with van der Waals surface area (Å²) in [6.45, 7) is 3.07. The highest BCUT2D eigenvalue weighted by atomic mass is 19.4. The number of hydrogen-bond acceptors (Lipinski definition) is 1. The molecule has 84 valence electrons. The summed E-state index contributed by atoms with van der Waals surface area (Å²) in [6.07, 6.45) is -1.43. The molecule has 1 nitrogen and oxygen atoms in total. The number of alkyl halides is 3. The summed E-state index contributed by atoms with van der Waals surface area (Å²) in [4.78, 5) is 0. The van der Waals surface area contributed by atoms with Crippen LogP contribution < -0.4 is 5.32 Å². The third kappa shape index (κ3) is 4.31. The fourth-order valence-corrected chi connectivity index (χ4v) is 2.02. The molecule has 0 radical (unpaired) electrons. The lowest BCUT2D eigenvalue weighted by atomic mass is 9.89. The smallest absolute Gasteiger partial charge is 0.314 e. The van der Waals surface area contributed by atoms with Crippen LogP contribution in [0.25, 0.3) is 0 Å². The summed E-state index contributed by atoms with van der Waals surface area (Å²) in [5.41, 5.74) is 0. The van der Waals surface area contributed by atoms with Gasteiger partial charge in [-0.2, -0.15) is 13.2 Å². The van der Waals surface area contributed by atoms with Gasteiger partial charge in [-0.3, -0.25) is 0 Å². The highest BCUT2D eigenvalue weighted by Gasteiger charge is 2.28. The monoisotopic (exact) mass is 209 g/mol. The van der Waals surface area contributed by atoms with Crippen LogP contribution in [0.2, 0.25) is 0 Å². The molecule has 4 heteroatoms. The van der Waals surface area contributed by atoms with Gasteiger partial charge in [0.2, 0.25) is 0 Å². The maximum atomic E-state index is 11.9. The molecule has 2 atom stereocenters. The lowest BCUT2D eigenvalue weighted by molar-refractivity contribution is -0.136. The van der Waals surface area contributed by atoms with Gasteiger partial charge in [-0.15, -0.1) is 0 Å². The van der Waals surface area contributed by atoms with Gasteiger partial charge in [0.25, 0.3) is 0 Å². The number of nitrogens with one attached hydrogen (secondary N) is 1. The molecule has 0 bridgehead atoms. The fourth-order valence-electron chi connectivity index (χ4n) is 2.02. The van der Waals surface area contributed by atoms with Gasteiger partial charge >= 0.3 is 6.18 Å². The van der Waals surface area contributed by atoms with Gasteiger partial charge in [0.05, 0.1) is 0 Å². The molecule has 1 heterocycles. The topological polar surface area (TPSA) is 12.0 Å². The molecule has 1 rings (SSSR count). The normalized spacial score (nSPS) is 29.1. The van der Waals surface area contributed by atoms with E-state index in [1.165, 1.54) is 0 Å². The zero-order chi connectivity index (χ0) is 10.6. The van der Waals surface area contributed by atoms with Crippen molar-refractivity contribution in [3.05, 3.63) is 0 Å². The van der Waals surface area contributed by atoms with Crippen molar-refractivity contribution in [2.24, 2.45) is 5.92 Å². The second-order valence-corrected chi connectivity index (χ2v) is 4.19. The Morgan fingerprint density at radius 3 is 2.64 bits per heavy atom. The van der Waals surface area contributed by atoms with E-state index in [2.05, 4.69) is 12.2 Å². The Kier molecular flexibility index (Phi) is 4.23. The van der Waals surface area contributed by atoms with E-state index in [1.54, 1.807) is 0 Å². The van der Waals surface area contributed by atoms with Gasteiger partial charge in [0.15, 0.2) is 0 Å². The summed E-state index contributed by atoms with van der Waals surface area (Å²) in [6, 6.07) is 0.297. The third-order valence-electron chi connectivity index (χ3n) is 2.91. The largest absolute Gasteiger partial charge is 0.389 e. The zero-order valence-electron chi connectivity index (χ0n) is 8.53. The summed E-state index contributed by atoms with van der Waals surface area (Å²) < 4.78 is 35.7. The maximum absolute atomic E-state index is 11.9. The van der Waals surface area contributed by atoms with Crippen molar-refractivity contribution < 1.29 is 13.2 Å². The molecule has 0 aromatic heterocycles. The van der Waals surface area contributed by atoms with Crippen molar-refractivity contribution >= 4 is 0 Å². The second-order valence-electron chi connectivity index (χ2n) is 4.19. The van der Waals surface area contributed by atoms with Crippen LogP contribution in [-0.4, -0.2) is 18.8 Å². The summed E-state index contributed by atoms with van der Waals surface area (Å²) in [5.74, 6) is 0.525. The Bertz CT molecular complexity index is 167. The van der Waals surface area contributed by atoms with E-state index in [1.807, 2.05) is 0 Å². The Morgan fingerprint density at radius 2 is 2.07 bits per heavy atom. The number of halogens is 3. The molecule has 1 fully saturated rings. The van der Waals surface area contributed by atoms with E-state index in [-0.39, 0.29) is 6.42 Å². The first-order valence-electron chi connectivity index (χ1n) is 5.29. The number of rotatable bonds is 3. The van der Waals surface area contributed by atoms with Crippen molar-refractivity contribution in [3.63, 3.8) is 0 Å². The minimum Gasteiger partial charge on any atom is -0.314 e. The molecular formula is C10H18F3N. The Morgan fingerprint density at radius 1 is 1.36 bits per heavy atom. The van der Waals surface area contributed by atoms with Gasteiger partial charge in [-0.25, -0.2) is 0 Å². The first-order chi connectivity index (χ1) is 6.49. The third-order valence-corrected chi connectivity index (χ3v) is 2.91. The quantitative estimate of drug-likeness (QED) is 0.753. The lowest BCUT2D eigenvalue weighted by Crippen LogP contribution is -2.40. The highest BCUT2D eigenvalue weighted by Crippen LogP contribution is 2.25. The summed E-state index contributed by atoms with van der Waals surface area (Å²) >= 11 is 0. The molecule has 0 aromatic carbocycles. The van der Waals surface area contributed by atoms with Crippen LogP contribution in [0.15, 0.2) is 0 Å². The molecule has 0 aliphatic carbocycles. The summed E-state index contributed by atoms with van der Waals surface area (Å²) in [7, 11) is 0. The molecule has 0 amide bonds. The predicted molar refractivity (Wildman–Crippen MR) is 50.1 cm³/mol. The van der Waals surface area contributed by atoms with E-state index >= 15 is 0 Å². The second kappa shape index (κ2) is 5.01. The Balaban J connectivity index is 2.17. The molecule has 2 unspecified atom stereocenters. The van der Waals surface area contributed by atoms with E-state index in [0.717, 1.165) is 19.4 Å². The maximum Gasteiger partial charge on any atom is 0.389 e. The van der Waals surface area contributed by atoms with Crippen LogP contribution in [0.5, 0.6) is 0 Å². The summed E-state index contributed by atoms with van der Waals surface area (Å²) in [5, 5.41) is 3.29. The molecule has 1 aliphatic rings. The molecular weight excluding hydrogens is 191 g/mol. The first kappa shape index (κ1) is 11.8. The van der Waals surface area contributed by atoms with Gasteiger partial charge in [-0.1, -0.05) is 6.92 Å². The van der Waals surface area contributed by atoms with Gasteiger partial charge in [0.1, 0.15) is 0 Å². The van der Waals surface area contributed by atoms with Gasteiger partial charge < -0.3 is 5.32 Å². The highest BCUT2D eigenvalue weighted by molar-refractivity contribution is 4.78. The minimum atomic E-state index is -3.99. The van der Waals surface area contributed by atoms with Crippen molar-refractivity contribution in [1.82, 2.24) is 5.32 Å². The van der Waals surface area contributed by atoms with Crippen LogP contribution in [0.3, 0.4) is 0 Å². The standard InChI is InChI=1S/C10H18F3N/c1-8-4-3-7-14-9(8)5-2-6-10(11,12)13/h8-9,14H,2-7H2,1H3. The van der Waals surface area contributed by atoms with Gasteiger partial charge in [0, 0.05) is 12.5 Å². The van der Waals surface area contributed by atoms with Crippen LogP contribution in [0.1, 0.15) is 39.0 Å². The Labute approximate surface area is 83.1 Å². The lowest BCUT2D eigenvalue weighted by Gasteiger charge is -2.30. The SMILES string of the molecule is CC1CCCNC1CCCC(F)(F)F. The van der Waals surface area contributed by atoms with E-state index in [9.17, 15) is 13.2 Å². The van der Waals surface area contributed by atoms with Crippen LogP contribution >= 0.6 is 0 Å². The Hall–Kier alpha value is -0.250. The van der Waals surface area contributed by atoms with Gasteiger partial charge in [-0.05, 0) is 38.1 Å². The van der Waals surface area contributed by atoms with Crippen LogP contribution in [0, 0.1) is 5.92 Å². The van der Waals surface area contributed by atoms with Crippen molar-refractivity contribution in [2.75, 3.05) is 6.54 Å². The molecule has 1 aliphatic heterocycles.